The third-order valence-corrected chi connectivity index (χ3v) is 4.82. The average Bonchev–Trinajstić information content (AvgIpc) is 3.00. The number of aryl methyl sites for hydroxylation is 1. The Bertz CT molecular complexity index is 552. The number of nitrogens with zero attached hydrogens (tertiary/aromatic N) is 4. The largest absolute Gasteiger partial charge is 0.480 e. The van der Waals surface area contributed by atoms with Gasteiger partial charge in [-0.15, -0.1) is 12.4 Å². The van der Waals surface area contributed by atoms with Crippen LogP contribution in [0.5, 0.6) is 0 Å². The van der Waals surface area contributed by atoms with E-state index in [0.29, 0.717) is 24.7 Å². The maximum Gasteiger partial charge on any atom is 0.323 e. The molecule has 0 saturated carbocycles. The van der Waals surface area contributed by atoms with Crippen LogP contribution in [0.15, 0.2) is 12.4 Å². The summed E-state index contributed by atoms with van der Waals surface area (Å²) in [5.74, 6) is -0.110. The van der Waals surface area contributed by atoms with E-state index < -0.39 is 5.97 Å². The molecular weight excluding hydrogens is 344 g/mol. The second-order valence-corrected chi connectivity index (χ2v) is 6.20. The topological polar surface area (TPSA) is 78.7 Å². The van der Waals surface area contributed by atoms with Gasteiger partial charge in [0.1, 0.15) is 12.4 Å². The maximum atomic E-state index is 12.4. The van der Waals surface area contributed by atoms with Crippen LogP contribution in [0.3, 0.4) is 0 Å². The minimum atomic E-state index is -0.904. The summed E-state index contributed by atoms with van der Waals surface area (Å²) in [7, 11) is 0. The summed E-state index contributed by atoms with van der Waals surface area (Å²) in [6, 6.07) is 0.582. The van der Waals surface area contributed by atoms with Crippen molar-refractivity contribution in [3.8, 4) is 0 Å². The van der Waals surface area contributed by atoms with E-state index in [4.69, 9.17) is 5.11 Å². The fourth-order valence-electron chi connectivity index (χ4n) is 3.46. The number of hydrogen-bond donors (Lipinski definition) is 1. The number of amides is 1. The van der Waals surface area contributed by atoms with Crippen molar-refractivity contribution in [1.82, 2.24) is 19.4 Å². The Kier molecular flexibility index (Phi) is 8.92. The third kappa shape index (κ3) is 6.01. The Morgan fingerprint density at radius 2 is 1.92 bits per heavy atom. The molecule has 8 heteroatoms. The molecule has 1 amide bonds. The first-order chi connectivity index (χ1) is 11.5. The lowest BCUT2D eigenvalue weighted by molar-refractivity contribution is -0.137. The van der Waals surface area contributed by atoms with Gasteiger partial charge in [0, 0.05) is 44.4 Å². The lowest BCUT2D eigenvalue weighted by Gasteiger charge is -2.37. The molecule has 7 nitrogen and oxygen atoms in total. The fraction of sp³-hybridized carbons (Fsp3) is 0.706. The van der Waals surface area contributed by atoms with E-state index in [1.54, 1.807) is 17.0 Å². The monoisotopic (exact) mass is 372 g/mol. The van der Waals surface area contributed by atoms with Crippen LogP contribution in [-0.4, -0.2) is 68.6 Å². The van der Waals surface area contributed by atoms with Crippen LogP contribution in [0.1, 0.15) is 38.9 Å². The molecule has 1 fully saturated rings. The SMILES string of the molecule is CCN(CC)C1CCN(C(=O)CCc2nccn2CC(=O)O)CC1.Cl. The number of aliphatic carboxylic acids is 1. The van der Waals surface area contributed by atoms with Crippen molar-refractivity contribution in [2.75, 3.05) is 26.2 Å². The smallest absolute Gasteiger partial charge is 0.323 e. The van der Waals surface area contributed by atoms with Gasteiger partial charge in [0.2, 0.25) is 5.91 Å². The van der Waals surface area contributed by atoms with Gasteiger partial charge in [-0.25, -0.2) is 4.98 Å². The lowest BCUT2D eigenvalue weighted by atomic mass is 10.0. The van der Waals surface area contributed by atoms with Crippen LogP contribution >= 0.6 is 12.4 Å². The van der Waals surface area contributed by atoms with E-state index in [1.807, 2.05) is 4.90 Å². The summed E-state index contributed by atoms with van der Waals surface area (Å²) in [6.45, 7) is 7.98. The molecule has 1 aromatic rings. The lowest BCUT2D eigenvalue weighted by Crippen LogP contribution is -2.46. The predicted octanol–water partition coefficient (Wildman–Crippen LogP) is 1.65. The quantitative estimate of drug-likeness (QED) is 0.750. The molecule has 0 radical (unpaired) electrons. The van der Waals surface area contributed by atoms with E-state index >= 15 is 0 Å². The van der Waals surface area contributed by atoms with Crippen molar-refractivity contribution in [3.63, 3.8) is 0 Å². The maximum absolute atomic E-state index is 12.4. The summed E-state index contributed by atoms with van der Waals surface area (Å²) in [5.41, 5.74) is 0. The minimum absolute atomic E-state index is 0. The molecule has 0 aliphatic carbocycles. The standard InChI is InChI=1S/C17H28N4O3.ClH/c1-3-19(4-2)14-7-10-20(11-8-14)16(22)6-5-15-18-9-12-21(15)13-17(23)24;/h9,12,14H,3-8,10-11,13H2,1-2H3,(H,23,24);1H. The van der Waals surface area contributed by atoms with Crippen molar-refractivity contribution in [2.45, 2.75) is 52.1 Å². The van der Waals surface area contributed by atoms with Crippen molar-refractivity contribution in [1.29, 1.82) is 0 Å². The molecule has 0 atom stereocenters. The highest BCUT2D eigenvalue weighted by atomic mass is 35.5. The number of carboxylic acids is 1. The molecule has 25 heavy (non-hydrogen) atoms. The number of carbonyl (C=O) groups is 2. The Balaban J connectivity index is 0.00000312. The molecule has 1 N–H and O–H groups in total. The van der Waals surface area contributed by atoms with Crippen molar-refractivity contribution >= 4 is 24.3 Å². The van der Waals surface area contributed by atoms with Crippen molar-refractivity contribution < 1.29 is 14.7 Å². The number of carboxylic acid groups (broad SMARTS) is 1. The first kappa shape index (κ1) is 21.4. The van der Waals surface area contributed by atoms with E-state index in [0.717, 1.165) is 39.0 Å². The van der Waals surface area contributed by atoms with Gasteiger partial charge in [0.15, 0.2) is 0 Å². The zero-order valence-corrected chi connectivity index (χ0v) is 15.9. The van der Waals surface area contributed by atoms with E-state index in [2.05, 4.69) is 23.7 Å². The second-order valence-electron chi connectivity index (χ2n) is 6.20. The van der Waals surface area contributed by atoms with Crippen LogP contribution < -0.4 is 0 Å². The molecule has 1 aromatic heterocycles. The predicted molar refractivity (Wildman–Crippen MR) is 98.0 cm³/mol. The number of likely N-dealkylation sites (tertiary alicyclic amines) is 1. The summed E-state index contributed by atoms with van der Waals surface area (Å²) in [4.78, 5) is 31.8. The molecule has 0 spiro atoms. The van der Waals surface area contributed by atoms with Crippen LogP contribution in [0.25, 0.3) is 0 Å². The molecule has 1 saturated heterocycles. The van der Waals surface area contributed by atoms with Crippen molar-refractivity contribution in [3.05, 3.63) is 18.2 Å². The number of halogens is 1. The molecule has 0 aromatic carbocycles. The number of aromatic nitrogens is 2. The highest BCUT2D eigenvalue weighted by Gasteiger charge is 2.25. The highest BCUT2D eigenvalue weighted by molar-refractivity contribution is 5.85. The van der Waals surface area contributed by atoms with Crippen LogP contribution in [0.2, 0.25) is 0 Å². The summed E-state index contributed by atoms with van der Waals surface area (Å²) in [6.07, 6.45) is 6.14. The van der Waals surface area contributed by atoms with Crippen LogP contribution in [0, 0.1) is 0 Å². The van der Waals surface area contributed by atoms with E-state index in [-0.39, 0.29) is 24.9 Å². The van der Waals surface area contributed by atoms with Gasteiger partial charge >= 0.3 is 5.97 Å². The fourth-order valence-corrected chi connectivity index (χ4v) is 3.46. The minimum Gasteiger partial charge on any atom is -0.480 e. The molecular formula is C17H29ClN4O3. The van der Waals surface area contributed by atoms with Gasteiger partial charge < -0.3 is 19.5 Å². The van der Waals surface area contributed by atoms with Crippen molar-refractivity contribution in [2.24, 2.45) is 0 Å². The Morgan fingerprint density at radius 3 is 2.48 bits per heavy atom. The molecule has 2 rings (SSSR count). The van der Waals surface area contributed by atoms with E-state index in [9.17, 15) is 9.59 Å². The van der Waals surface area contributed by atoms with Gasteiger partial charge in [-0.05, 0) is 25.9 Å². The van der Waals surface area contributed by atoms with Gasteiger partial charge in [-0.3, -0.25) is 9.59 Å². The Hall–Kier alpha value is -1.60. The average molecular weight is 373 g/mol. The number of carbonyl (C=O) groups excluding carboxylic acids is 1. The molecule has 0 unspecified atom stereocenters. The highest BCUT2D eigenvalue weighted by Crippen LogP contribution is 2.17. The summed E-state index contributed by atoms with van der Waals surface area (Å²) < 4.78 is 1.59. The molecule has 1 aliphatic rings. The zero-order chi connectivity index (χ0) is 17.5. The zero-order valence-electron chi connectivity index (χ0n) is 15.1. The number of rotatable bonds is 8. The first-order valence-electron chi connectivity index (χ1n) is 8.78. The van der Waals surface area contributed by atoms with Crippen LogP contribution in [-0.2, 0) is 22.6 Å². The number of imidazole rings is 1. The molecule has 142 valence electrons. The van der Waals surface area contributed by atoms with Gasteiger partial charge in [0.25, 0.3) is 0 Å². The number of hydrogen-bond acceptors (Lipinski definition) is 4. The second kappa shape index (κ2) is 10.4. The molecule has 0 bridgehead atoms. The van der Waals surface area contributed by atoms with E-state index in [1.165, 1.54) is 0 Å². The van der Waals surface area contributed by atoms with Crippen LogP contribution in [0.4, 0.5) is 0 Å². The molecule has 1 aliphatic heterocycles. The van der Waals surface area contributed by atoms with Gasteiger partial charge in [0.05, 0.1) is 0 Å². The number of piperidine rings is 1. The van der Waals surface area contributed by atoms with Gasteiger partial charge in [-0.1, -0.05) is 13.8 Å². The Morgan fingerprint density at radius 1 is 1.28 bits per heavy atom. The normalized spacial score (nSPS) is 15.2. The first-order valence-corrected chi connectivity index (χ1v) is 8.78. The molecule has 2 heterocycles. The Labute approximate surface area is 155 Å². The van der Waals surface area contributed by atoms with Gasteiger partial charge in [-0.2, -0.15) is 0 Å². The summed E-state index contributed by atoms with van der Waals surface area (Å²) in [5, 5.41) is 8.87. The summed E-state index contributed by atoms with van der Waals surface area (Å²) >= 11 is 0. The third-order valence-electron chi connectivity index (χ3n) is 4.82.